The van der Waals surface area contributed by atoms with Gasteiger partial charge in [-0.3, -0.25) is 9.59 Å². The summed E-state index contributed by atoms with van der Waals surface area (Å²) in [7, 11) is 1.61. The van der Waals surface area contributed by atoms with Crippen LogP contribution in [-0.2, 0) is 22.6 Å². The monoisotopic (exact) mass is 502 g/mol. The number of benzene rings is 3. The van der Waals surface area contributed by atoms with E-state index in [1.54, 1.807) is 12.0 Å². The Morgan fingerprint density at radius 2 is 1.51 bits per heavy atom. The first kappa shape index (κ1) is 27.8. The van der Waals surface area contributed by atoms with Gasteiger partial charge in [0.05, 0.1) is 7.11 Å². The predicted molar refractivity (Wildman–Crippen MR) is 147 cm³/mol. The topological polar surface area (TPSA) is 67.9 Å². The number of nitrogens with one attached hydrogen (secondary N) is 1. The fraction of sp³-hybridized carbons (Fsp3) is 0.355. The lowest BCUT2D eigenvalue weighted by atomic mass is 10.0. The molecule has 6 heteroatoms. The molecule has 1 atom stereocenters. The van der Waals surface area contributed by atoms with Gasteiger partial charge >= 0.3 is 0 Å². The number of carbonyl (C=O) groups is 2. The molecule has 0 unspecified atom stereocenters. The lowest BCUT2D eigenvalue weighted by Crippen LogP contribution is -2.52. The molecule has 6 nitrogen and oxygen atoms in total. The van der Waals surface area contributed by atoms with Gasteiger partial charge in [-0.15, -0.1) is 0 Å². The molecular weight excluding hydrogens is 464 g/mol. The van der Waals surface area contributed by atoms with E-state index >= 15 is 0 Å². The van der Waals surface area contributed by atoms with Gasteiger partial charge in [0.15, 0.2) is 6.61 Å². The molecule has 3 aromatic carbocycles. The molecule has 0 saturated heterocycles. The van der Waals surface area contributed by atoms with E-state index in [0.717, 1.165) is 11.1 Å². The number of carbonyl (C=O) groups excluding carboxylic acids is 2. The van der Waals surface area contributed by atoms with Crippen LogP contribution in [0.25, 0.3) is 0 Å². The van der Waals surface area contributed by atoms with Gasteiger partial charge in [0.1, 0.15) is 17.5 Å². The summed E-state index contributed by atoms with van der Waals surface area (Å²) in [4.78, 5) is 28.7. The molecule has 196 valence electrons. The van der Waals surface area contributed by atoms with Crippen LogP contribution >= 0.6 is 0 Å². The lowest BCUT2D eigenvalue weighted by molar-refractivity contribution is -0.143. The Morgan fingerprint density at radius 1 is 0.838 bits per heavy atom. The van der Waals surface area contributed by atoms with Crippen LogP contribution in [-0.4, -0.2) is 42.5 Å². The summed E-state index contributed by atoms with van der Waals surface area (Å²) in [5.74, 6) is 1.25. The molecule has 0 spiro atoms. The second-order valence-corrected chi connectivity index (χ2v) is 9.75. The summed E-state index contributed by atoms with van der Waals surface area (Å²) >= 11 is 0. The Hall–Kier alpha value is -3.80. The molecule has 0 saturated carbocycles. The summed E-state index contributed by atoms with van der Waals surface area (Å²) in [6.45, 7) is 8.15. The highest BCUT2D eigenvalue weighted by Gasteiger charge is 2.31. The van der Waals surface area contributed by atoms with Gasteiger partial charge in [0.25, 0.3) is 5.91 Å². The number of hydrogen-bond acceptors (Lipinski definition) is 4. The molecule has 2 amide bonds. The van der Waals surface area contributed by atoms with Gasteiger partial charge in [0.2, 0.25) is 5.91 Å². The second-order valence-electron chi connectivity index (χ2n) is 9.75. The summed E-state index contributed by atoms with van der Waals surface area (Å²) in [5.41, 5.74) is 3.04. The quantitative estimate of drug-likeness (QED) is 0.362. The Labute approximate surface area is 220 Å². The first-order valence-electron chi connectivity index (χ1n) is 12.8. The minimum Gasteiger partial charge on any atom is -0.497 e. The van der Waals surface area contributed by atoms with Crippen LogP contribution in [0, 0.1) is 0 Å². The van der Waals surface area contributed by atoms with Crippen LogP contribution in [0.4, 0.5) is 0 Å². The average molecular weight is 503 g/mol. The van der Waals surface area contributed by atoms with Crippen LogP contribution in [0.15, 0.2) is 78.9 Å². The van der Waals surface area contributed by atoms with Crippen molar-refractivity contribution in [1.82, 2.24) is 10.2 Å². The summed E-state index contributed by atoms with van der Waals surface area (Å²) in [6, 6.07) is 24.3. The van der Waals surface area contributed by atoms with Crippen molar-refractivity contribution in [3.63, 3.8) is 0 Å². The molecule has 0 aliphatic rings. The highest BCUT2D eigenvalue weighted by atomic mass is 16.5. The van der Waals surface area contributed by atoms with Crippen molar-refractivity contribution in [3.05, 3.63) is 95.6 Å². The van der Waals surface area contributed by atoms with Gasteiger partial charge in [-0.25, -0.2) is 0 Å². The van der Waals surface area contributed by atoms with Crippen LogP contribution in [0.5, 0.6) is 11.5 Å². The van der Waals surface area contributed by atoms with Gasteiger partial charge in [-0.1, -0.05) is 68.4 Å². The van der Waals surface area contributed by atoms with E-state index in [2.05, 4.69) is 19.2 Å². The standard InChI is InChI=1S/C31H38N2O4/c1-22(2)26-14-16-27(17-15-26)37-21-30(34)33(20-25-12-9-13-28(18-25)36-5)29(31(35)32-23(3)4)19-24-10-7-6-8-11-24/h6-18,22-23,29H,19-21H2,1-5H3,(H,32,35)/t29-/m1/s1. The fourth-order valence-corrected chi connectivity index (χ4v) is 4.08. The third-order valence-electron chi connectivity index (χ3n) is 6.10. The van der Waals surface area contributed by atoms with Crippen molar-refractivity contribution in [3.8, 4) is 11.5 Å². The maximum Gasteiger partial charge on any atom is 0.261 e. The Balaban J connectivity index is 1.89. The van der Waals surface area contributed by atoms with E-state index in [1.807, 2.05) is 92.7 Å². The molecule has 0 aliphatic heterocycles. The molecule has 0 aromatic heterocycles. The molecule has 3 rings (SSSR count). The zero-order chi connectivity index (χ0) is 26.8. The molecule has 0 fully saturated rings. The molecule has 37 heavy (non-hydrogen) atoms. The van der Waals surface area contributed by atoms with Crippen molar-refractivity contribution >= 4 is 11.8 Å². The average Bonchev–Trinajstić information content (AvgIpc) is 2.89. The van der Waals surface area contributed by atoms with Crippen LogP contribution in [0.3, 0.4) is 0 Å². The number of methoxy groups -OCH3 is 1. The fourth-order valence-electron chi connectivity index (χ4n) is 4.08. The van der Waals surface area contributed by atoms with Crippen molar-refractivity contribution < 1.29 is 19.1 Å². The van der Waals surface area contributed by atoms with Gasteiger partial charge in [-0.05, 0) is 60.7 Å². The number of nitrogens with zero attached hydrogens (tertiary/aromatic N) is 1. The van der Waals surface area contributed by atoms with Crippen LogP contribution < -0.4 is 14.8 Å². The molecule has 0 radical (unpaired) electrons. The highest BCUT2D eigenvalue weighted by Crippen LogP contribution is 2.21. The number of hydrogen-bond donors (Lipinski definition) is 1. The van der Waals surface area contributed by atoms with Crippen LogP contribution in [0.1, 0.15) is 50.3 Å². The molecule has 0 aliphatic carbocycles. The number of ether oxygens (including phenoxy) is 2. The largest absolute Gasteiger partial charge is 0.497 e. The minimum absolute atomic E-state index is 0.0599. The number of amides is 2. The number of rotatable bonds is 12. The van der Waals surface area contributed by atoms with E-state index < -0.39 is 6.04 Å². The Kier molecular flexibility index (Phi) is 10.1. The summed E-state index contributed by atoms with van der Waals surface area (Å²) in [6.07, 6.45) is 0.387. The van der Waals surface area contributed by atoms with E-state index in [1.165, 1.54) is 5.56 Å². The van der Waals surface area contributed by atoms with Gasteiger partial charge in [-0.2, -0.15) is 0 Å². The summed E-state index contributed by atoms with van der Waals surface area (Å²) < 4.78 is 11.3. The third-order valence-corrected chi connectivity index (χ3v) is 6.10. The van der Waals surface area contributed by atoms with E-state index in [0.29, 0.717) is 23.8 Å². The SMILES string of the molecule is COc1cccc(CN(C(=O)COc2ccc(C(C)C)cc2)[C@H](Cc2ccccc2)C(=O)NC(C)C)c1. The maximum absolute atomic E-state index is 13.7. The van der Waals surface area contributed by atoms with E-state index in [4.69, 9.17) is 9.47 Å². The third kappa shape index (κ3) is 8.38. The van der Waals surface area contributed by atoms with Crippen molar-refractivity contribution in [2.45, 2.75) is 58.7 Å². The highest BCUT2D eigenvalue weighted by molar-refractivity contribution is 5.88. The van der Waals surface area contributed by atoms with E-state index in [-0.39, 0.29) is 31.0 Å². The normalized spacial score (nSPS) is 11.8. The van der Waals surface area contributed by atoms with E-state index in [9.17, 15) is 9.59 Å². The molecule has 0 heterocycles. The summed E-state index contributed by atoms with van der Waals surface area (Å²) in [5, 5.41) is 3.00. The zero-order valence-electron chi connectivity index (χ0n) is 22.4. The lowest BCUT2D eigenvalue weighted by Gasteiger charge is -2.32. The van der Waals surface area contributed by atoms with Crippen molar-refractivity contribution in [2.24, 2.45) is 0 Å². The second kappa shape index (κ2) is 13.5. The molecule has 1 N–H and O–H groups in total. The molecule has 0 bridgehead atoms. The zero-order valence-corrected chi connectivity index (χ0v) is 22.4. The maximum atomic E-state index is 13.7. The van der Waals surface area contributed by atoms with Crippen LogP contribution in [0.2, 0.25) is 0 Å². The predicted octanol–water partition coefficient (Wildman–Crippen LogP) is 5.36. The first-order valence-corrected chi connectivity index (χ1v) is 12.8. The Morgan fingerprint density at radius 3 is 2.14 bits per heavy atom. The minimum atomic E-state index is -0.713. The van der Waals surface area contributed by atoms with Gasteiger partial charge < -0.3 is 19.7 Å². The molecule has 3 aromatic rings. The first-order chi connectivity index (χ1) is 17.8. The van der Waals surface area contributed by atoms with Crippen molar-refractivity contribution in [2.75, 3.05) is 13.7 Å². The molecular formula is C31H38N2O4. The Bertz CT molecular complexity index is 1140. The smallest absolute Gasteiger partial charge is 0.261 e. The van der Waals surface area contributed by atoms with Crippen molar-refractivity contribution in [1.29, 1.82) is 0 Å². The van der Waals surface area contributed by atoms with Gasteiger partial charge in [0, 0.05) is 19.0 Å².